The van der Waals surface area contributed by atoms with Crippen molar-refractivity contribution in [3.63, 3.8) is 0 Å². The molecule has 3 heteroatoms. The number of fused-ring (bicyclic) bond motifs is 1. The molecule has 19 heavy (non-hydrogen) atoms. The number of nitrogens with zero attached hydrogens (tertiary/aromatic N) is 1. The van der Waals surface area contributed by atoms with Gasteiger partial charge in [-0.05, 0) is 44.0 Å². The Morgan fingerprint density at radius 1 is 1.42 bits per heavy atom. The van der Waals surface area contributed by atoms with Crippen molar-refractivity contribution in [3.05, 3.63) is 29.8 Å². The minimum Gasteiger partial charge on any atom is -0.497 e. The zero-order valence-corrected chi connectivity index (χ0v) is 12.1. The number of hydrogen-bond donors (Lipinski definition) is 0. The molecule has 2 fully saturated rings. The second-order valence-corrected chi connectivity index (χ2v) is 5.85. The summed E-state index contributed by atoms with van der Waals surface area (Å²) in [5.74, 6) is 1.67. The molecule has 0 N–H and O–H groups in total. The fourth-order valence-corrected chi connectivity index (χ4v) is 3.98. The highest BCUT2D eigenvalue weighted by molar-refractivity contribution is 5.40. The second kappa shape index (κ2) is 4.80. The molecular formula is C16H23NO2. The Kier molecular flexibility index (Phi) is 3.27. The molecule has 1 saturated heterocycles. The summed E-state index contributed by atoms with van der Waals surface area (Å²) in [7, 11) is 3.94. The maximum atomic E-state index is 6.00. The van der Waals surface area contributed by atoms with Gasteiger partial charge in [0, 0.05) is 25.1 Å². The molecule has 1 aromatic rings. The van der Waals surface area contributed by atoms with Crippen LogP contribution in [0.15, 0.2) is 24.3 Å². The first-order valence-electron chi connectivity index (χ1n) is 7.15. The van der Waals surface area contributed by atoms with Gasteiger partial charge in [0.15, 0.2) is 0 Å². The molecular weight excluding hydrogens is 238 g/mol. The number of benzene rings is 1. The average molecular weight is 261 g/mol. The normalized spacial score (nSPS) is 33.8. The van der Waals surface area contributed by atoms with Crippen molar-refractivity contribution in [1.29, 1.82) is 0 Å². The van der Waals surface area contributed by atoms with Crippen molar-refractivity contribution in [2.24, 2.45) is 5.92 Å². The highest BCUT2D eigenvalue weighted by atomic mass is 16.5. The monoisotopic (exact) mass is 261 g/mol. The number of hydrogen-bond acceptors (Lipinski definition) is 3. The van der Waals surface area contributed by atoms with Gasteiger partial charge in [-0.3, -0.25) is 0 Å². The molecule has 0 amide bonds. The van der Waals surface area contributed by atoms with E-state index in [2.05, 4.69) is 37.1 Å². The Balaban J connectivity index is 1.97. The van der Waals surface area contributed by atoms with Crippen molar-refractivity contribution in [2.45, 2.75) is 24.9 Å². The van der Waals surface area contributed by atoms with Gasteiger partial charge >= 0.3 is 0 Å². The summed E-state index contributed by atoms with van der Waals surface area (Å²) in [4.78, 5) is 2.43. The van der Waals surface area contributed by atoms with Crippen LogP contribution in [0.1, 0.15) is 18.9 Å². The number of methoxy groups -OCH3 is 1. The van der Waals surface area contributed by atoms with Gasteiger partial charge in [0.1, 0.15) is 5.75 Å². The van der Waals surface area contributed by atoms with E-state index < -0.39 is 0 Å². The third-order valence-corrected chi connectivity index (χ3v) is 4.84. The molecule has 3 nitrogen and oxygen atoms in total. The summed E-state index contributed by atoms with van der Waals surface area (Å²) in [6, 6.07) is 8.54. The second-order valence-electron chi connectivity index (χ2n) is 5.85. The molecule has 0 bridgehead atoms. The number of ether oxygens (including phenoxy) is 2. The van der Waals surface area contributed by atoms with Crippen molar-refractivity contribution >= 4 is 0 Å². The van der Waals surface area contributed by atoms with Crippen LogP contribution in [-0.2, 0) is 10.2 Å². The zero-order chi connectivity index (χ0) is 13.5. The predicted octanol–water partition coefficient (Wildman–Crippen LogP) is 2.30. The summed E-state index contributed by atoms with van der Waals surface area (Å²) < 4.78 is 11.4. The van der Waals surface area contributed by atoms with Crippen LogP contribution in [0.4, 0.5) is 0 Å². The number of rotatable bonds is 4. The predicted molar refractivity (Wildman–Crippen MR) is 75.7 cm³/mol. The van der Waals surface area contributed by atoms with E-state index in [9.17, 15) is 0 Å². The SMILES string of the molecule is CCO[C@H]1CC2CN(C)C[C@@]21c1cccc(OC)c1. The minimum absolute atomic E-state index is 0.180. The van der Waals surface area contributed by atoms with Gasteiger partial charge in [0.25, 0.3) is 0 Å². The summed E-state index contributed by atoms with van der Waals surface area (Å²) in [6.45, 7) is 5.16. The van der Waals surface area contributed by atoms with Crippen LogP contribution in [0.25, 0.3) is 0 Å². The van der Waals surface area contributed by atoms with Crippen molar-refractivity contribution in [1.82, 2.24) is 4.90 Å². The zero-order valence-electron chi connectivity index (χ0n) is 12.1. The van der Waals surface area contributed by atoms with Crippen LogP contribution in [0.2, 0.25) is 0 Å². The summed E-state index contributed by atoms with van der Waals surface area (Å²) >= 11 is 0. The van der Waals surface area contributed by atoms with Gasteiger partial charge in [0.05, 0.1) is 13.2 Å². The Bertz CT molecular complexity index is 462. The topological polar surface area (TPSA) is 21.7 Å². The van der Waals surface area contributed by atoms with Gasteiger partial charge in [-0.2, -0.15) is 0 Å². The molecule has 1 unspecified atom stereocenters. The van der Waals surface area contributed by atoms with Gasteiger partial charge in [-0.25, -0.2) is 0 Å². The fraction of sp³-hybridized carbons (Fsp3) is 0.625. The molecule has 1 aromatic carbocycles. The van der Waals surface area contributed by atoms with E-state index in [0.29, 0.717) is 6.10 Å². The van der Waals surface area contributed by atoms with E-state index in [1.165, 1.54) is 18.5 Å². The van der Waals surface area contributed by atoms with Crippen molar-refractivity contribution in [2.75, 3.05) is 33.9 Å². The van der Waals surface area contributed by atoms with Crippen molar-refractivity contribution in [3.8, 4) is 5.75 Å². The summed E-state index contributed by atoms with van der Waals surface area (Å²) in [5.41, 5.74) is 1.56. The molecule has 1 heterocycles. The third kappa shape index (κ3) is 1.87. The van der Waals surface area contributed by atoms with E-state index in [1.54, 1.807) is 7.11 Å². The maximum Gasteiger partial charge on any atom is 0.119 e. The molecule has 3 rings (SSSR count). The smallest absolute Gasteiger partial charge is 0.119 e. The molecule has 2 aliphatic rings. The van der Waals surface area contributed by atoms with Crippen LogP contribution in [-0.4, -0.2) is 44.9 Å². The molecule has 104 valence electrons. The highest BCUT2D eigenvalue weighted by Gasteiger charge is 2.60. The highest BCUT2D eigenvalue weighted by Crippen LogP contribution is 2.55. The summed E-state index contributed by atoms with van der Waals surface area (Å²) in [5, 5.41) is 0. The standard InChI is InChI=1S/C16H23NO2/c1-4-19-15-9-13-10-17(2)11-16(13,15)12-6-5-7-14(8-12)18-3/h5-8,13,15H,4,9-11H2,1-3H3/t13?,15-,16+/m0/s1. The number of likely N-dealkylation sites (tertiary alicyclic amines) is 1. The lowest BCUT2D eigenvalue weighted by Crippen LogP contribution is -2.57. The Morgan fingerprint density at radius 3 is 2.95 bits per heavy atom. The molecule has 1 aliphatic carbocycles. The minimum atomic E-state index is 0.180. The van der Waals surface area contributed by atoms with Gasteiger partial charge < -0.3 is 14.4 Å². The van der Waals surface area contributed by atoms with Crippen LogP contribution < -0.4 is 4.74 Å². The molecule has 0 radical (unpaired) electrons. The van der Waals surface area contributed by atoms with Gasteiger partial charge in [0.2, 0.25) is 0 Å². The molecule has 1 saturated carbocycles. The lowest BCUT2D eigenvalue weighted by Gasteiger charge is -2.51. The van der Waals surface area contributed by atoms with Crippen LogP contribution in [0.3, 0.4) is 0 Å². The van der Waals surface area contributed by atoms with Gasteiger partial charge in [-0.15, -0.1) is 0 Å². The Labute approximate surface area is 115 Å². The molecule has 0 aromatic heterocycles. The van der Waals surface area contributed by atoms with E-state index in [1.807, 2.05) is 6.07 Å². The number of likely N-dealkylation sites (N-methyl/N-ethyl adjacent to an activating group) is 1. The van der Waals surface area contributed by atoms with E-state index >= 15 is 0 Å². The van der Waals surface area contributed by atoms with Crippen LogP contribution >= 0.6 is 0 Å². The first-order valence-corrected chi connectivity index (χ1v) is 7.15. The van der Waals surface area contributed by atoms with E-state index in [4.69, 9.17) is 9.47 Å². The van der Waals surface area contributed by atoms with Crippen LogP contribution in [0, 0.1) is 5.92 Å². The largest absolute Gasteiger partial charge is 0.497 e. The van der Waals surface area contributed by atoms with Gasteiger partial charge in [-0.1, -0.05) is 12.1 Å². The van der Waals surface area contributed by atoms with Crippen LogP contribution in [0.5, 0.6) is 5.75 Å². The quantitative estimate of drug-likeness (QED) is 0.830. The Hall–Kier alpha value is -1.06. The third-order valence-electron chi connectivity index (χ3n) is 4.84. The molecule has 3 atom stereocenters. The van der Waals surface area contributed by atoms with E-state index in [-0.39, 0.29) is 5.41 Å². The Morgan fingerprint density at radius 2 is 2.26 bits per heavy atom. The molecule has 1 aliphatic heterocycles. The lowest BCUT2D eigenvalue weighted by molar-refractivity contribution is -0.0848. The average Bonchev–Trinajstić information content (AvgIpc) is 2.69. The lowest BCUT2D eigenvalue weighted by atomic mass is 9.56. The maximum absolute atomic E-state index is 6.00. The first kappa shape index (κ1) is 12.9. The molecule has 0 spiro atoms. The first-order chi connectivity index (χ1) is 9.20. The fourth-order valence-electron chi connectivity index (χ4n) is 3.98. The van der Waals surface area contributed by atoms with Crippen molar-refractivity contribution < 1.29 is 9.47 Å². The summed E-state index contributed by atoms with van der Waals surface area (Å²) in [6.07, 6.45) is 1.55. The van der Waals surface area contributed by atoms with E-state index in [0.717, 1.165) is 24.8 Å².